The highest BCUT2D eigenvalue weighted by molar-refractivity contribution is 9.10. The van der Waals surface area contributed by atoms with Crippen molar-refractivity contribution in [3.8, 4) is 0 Å². The fourth-order valence-electron chi connectivity index (χ4n) is 2.68. The first-order valence-corrected chi connectivity index (χ1v) is 7.90. The molecule has 1 aliphatic rings. The molecule has 0 spiro atoms. The normalized spacial score (nSPS) is 16.3. The number of nitrogens with one attached hydrogen (secondary N) is 1. The van der Waals surface area contributed by atoms with Crippen molar-refractivity contribution in [1.82, 2.24) is 10.2 Å². The number of rotatable bonds is 4. The fourth-order valence-corrected chi connectivity index (χ4v) is 3.08. The summed E-state index contributed by atoms with van der Waals surface area (Å²) < 4.78 is 28.0. The third-order valence-corrected chi connectivity index (χ3v) is 4.38. The lowest BCUT2D eigenvalue weighted by Gasteiger charge is -2.32. The first-order chi connectivity index (χ1) is 10.0. The van der Waals surface area contributed by atoms with Crippen LogP contribution in [0.4, 0.5) is 8.78 Å². The van der Waals surface area contributed by atoms with Crippen molar-refractivity contribution >= 4 is 21.8 Å². The van der Waals surface area contributed by atoms with Crippen molar-refractivity contribution in [2.24, 2.45) is 5.92 Å². The third-order valence-electron chi connectivity index (χ3n) is 3.93. The van der Waals surface area contributed by atoms with E-state index < -0.39 is 23.1 Å². The molecule has 0 saturated carbocycles. The van der Waals surface area contributed by atoms with Gasteiger partial charge < -0.3 is 10.2 Å². The van der Waals surface area contributed by atoms with Crippen LogP contribution in [0.3, 0.4) is 0 Å². The van der Waals surface area contributed by atoms with Gasteiger partial charge in [0.05, 0.1) is 0 Å². The van der Waals surface area contributed by atoms with Crippen LogP contribution in [0.2, 0.25) is 0 Å². The van der Waals surface area contributed by atoms with Gasteiger partial charge in [0.1, 0.15) is 17.2 Å². The Labute approximate surface area is 131 Å². The van der Waals surface area contributed by atoms with E-state index >= 15 is 0 Å². The van der Waals surface area contributed by atoms with Crippen LogP contribution in [0.15, 0.2) is 16.6 Å². The van der Waals surface area contributed by atoms with E-state index in [4.69, 9.17) is 0 Å². The lowest BCUT2D eigenvalue weighted by atomic mass is 9.93. The van der Waals surface area contributed by atoms with E-state index in [-0.39, 0.29) is 0 Å². The molecular formula is C15H19BrF2N2O. The molecule has 0 radical (unpaired) electrons. The molecule has 2 rings (SSSR count). The zero-order valence-corrected chi connectivity index (χ0v) is 13.6. The van der Waals surface area contributed by atoms with Gasteiger partial charge in [-0.1, -0.05) is 15.9 Å². The van der Waals surface area contributed by atoms with Crippen LogP contribution >= 0.6 is 15.9 Å². The second-order valence-corrected chi connectivity index (χ2v) is 6.29. The molecule has 1 N–H and O–H groups in total. The first-order valence-electron chi connectivity index (χ1n) is 7.11. The Kier molecular flexibility index (Phi) is 5.70. The number of nitrogens with zero attached hydrogens (tertiary/aromatic N) is 1. The molecule has 1 saturated heterocycles. The van der Waals surface area contributed by atoms with Crippen LogP contribution in [-0.4, -0.2) is 37.5 Å². The van der Waals surface area contributed by atoms with E-state index in [1.165, 1.54) is 0 Å². The molecule has 21 heavy (non-hydrogen) atoms. The van der Waals surface area contributed by atoms with Gasteiger partial charge in [0.15, 0.2) is 0 Å². The minimum Gasteiger partial charge on any atom is -0.338 e. The van der Waals surface area contributed by atoms with E-state index in [0.717, 1.165) is 37.9 Å². The van der Waals surface area contributed by atoms with Crippen molar-refractivity contribution < 1.29 is 13.6 Å². The molecule has 1 fully saturated rings. The van der Waals surface area contributed by atoms with Crippen molar-refractivity contribution in [3.63, 3.8) is 0 Å². The molecule has 0 bridgehead atoms. The smallest absolute Gasteiger partial charge is 0.259 e. The highest BCUT2D eigenvalue weighted by Gasteiger charge is 2.27. The number of halogens is 3. The SMILES string of the molecule is CNCCC1CCN(C(=O)c2c(F)cc(Br)cc2F)CC1. The van der Waals surface area contributed by atoms with Crippen molar-refractivity contribution in [2.75, 3.05) is 26.7 Å². The maximum absolute atomic E-state index is 13.8. The molecule has 0 atom stereocenters. The fraction of sp³-hybridized carbons (Fsp3) is 0.533. The lowest BCUT2D eigenvalue weighted by Crippen LogP contribution is -2.39. The summed E-state index contributed by atoms with van der Waals surface area (Å²) in [6, 6.07) is 2.24. The Morgan fingerprint density at radius 1 is 1.33 bits per heavy atom. The standard InChI is InChI=1S/C15H19BrF2N2O/c1-19-5-2-10-3-6-20(7-4-10)15(21)14-12(17)8-11(16)9-13(14)18/h8-10,19H,2-7H2,1H3. The molecule has 0 aromatic heterocycles. The molecule has 0 aliphatic carbocycles. The molecule has 3 nitrogen and oxygen atoms in total. The van der Waals surface area contributed by atoms with Gasteiger partial charge in [-0.15, -0.1) is 0 Å². The summed E-state index contributed by atoms with van der Waals surface area (Å²) in [6.45, 7) is 2.07. The zero-order valence-electron chi connectivity index (χ0n) is 12.0. The van der Waals surface area contributed by atoms with E-state index in [2.05, 4.69) is 21.2 Å². The topological polar surface area (TPSA) is 32.3 Å². The summed E-state index contributed by atoms with van der Waals surface area (Å²) in [6.07, 6.45) is 2.83. The molecule has 1 heterocycles. The maximum Gasteiger partial charge on any atom is 0.259 e. The first kappa shape index (κ1) is 16.4. The quantitative estimate of drug-likeness (QED) is 0.894. The van der Waals surface area contributed by atoms with Crippen LogP contribution in [0.1, 0.15) is 29.6 Å². The number of hydrogen-bond acceptors (Lipinski definition) is 2. The van der Waals surface area contributed by atoms with Gasteiger partial charge >= 0.3 is 0 Å². The highest BCUT2D eigenvalue weighted by Crippen LogP contribution is 2.25. The van der Waals surface area contributed by atoms with Gasteiger partial charge in [0.25, 0.3) is 5.91 Å². The summed E-state index contributed by atoms with van der Waals surface area (Å²) in [5.41, 5.74) is -0.452. The van der Waals surface area contributed by atoms with E-state index in [0.29, 0.717) is 23.5 Å². The van der Waals surface area contributed by atoms with Crippen LogP contribution in [-0.2, 0) is 0 Å². The number of likely N-dealkylation sites (tertiary alicyclic amines) is 1. The Balaban J connectivity index is 2.02. The second-order valence-electron chi connectivity index (χ2n) is 5.37. The maximum atomic E-state index is 13.8. The van der Waals surface area contributed by atoms with Crippen LogP contribution in [0.5, 0.6) is 0 Å². The third kappa shape index (κ3) is 4.01. The van der Waals surface area contributed by atoms with E-state index in [1.807, 2.05) is 7.05 Å². The average molecular weight is 361 g/mol. The number of hydrogen-bond donors (Lipinski definition) is 1. The Bertz CT molecular complexity index is 493. The Morgan fingerprint density at radius 3 is 2.43 bits per heavy atom. The van der Waals surface area contributed by atoms with Crippen LogP contribution < -0.4 is 5.32 Å². The molecule has 1 aromatic carbocycles. The van der Waals surface area contributed by atoms with Crippen molar-refractivity contribution in [2.45, 2.75) is 19.3 Å². The molecule has 116 valence electrons. The molecule has 6 heteroatoms. The predicted molar refractivity (Wildman–Crippen MR) is 81.2 cm³/mol. The number of carbonyl (C=O) groups excluding carboxylic acids is 1. The molecule has 1 aliphatic heterocycles. The number of benzene rings is 1. The zero-order chi connectivity index (χ0) is 15.4. The summed E-state index contributed by atoms with van der Waals surface area (Å²) in [4.78, 5) is 13.8. The number of carbonyl (C=O) groups is 1. The molecule has 0 unspecified atom stereocenters. The van der Waals surface area contributed by atoms with Gasteiger partial charge in [-0.05, 0) is 50.9 Å². The van der Waals surface area contributed by atoms with Gasteiger partial charge in [-0.3, -0.25) is 4.79 Å². The van der Waals surface area contributed by atoms with Crippen LogP contribution in [0.25, 0.3) is 0 Å². The van der Waals surface area contributed by atoms with Gasteiger partial charge in [0, 0.05) is 17.6 Å². The number of piperidine rings is 1. The Morgan fingerprint density at radius 2 is 1.90 bits per heavy atom. The summed E-state index contributed by atoms with van der Waals surface area (Å²) in [7, 11) is 1.91. The predicted octanol–water partition coefficient (Wildman–Crippen LogP) is 3.19. The summed E-state index contributed by atoms with van der Waals surface area (Å²) in [5, 5.41) is 3.11. The largest absolute Gasteiger partial charge is 0.338 e. The van der Waals surface area contributed by atoms with E-state index in [9.17, 15) is 13.6 Å². The minimum absolute atomic E-state index is 0.292. The molecule has 1 aromatic rings. The van der Waals surface area contributed by atoms with Crippen molar-refractivity contribution in [3.05, 3.63) is 33.8 Å². The summed E-state index contributed by atoms with van der Waals surface area (Å²) in [5.74, 6) is -1.61. The van der Waals surface area contributed by atoms with Gasteiger partial charge in [-0.25, -0.2) is 8.78 Å². The molecule has 1 amide bonds. The lowest BCUT2D eigenvalue weighted by molar-refractivity contribution is 0.0677. The van der Waals surface area contributed by atoms with Gasteiger partial charge in [-0.2, -0.15) is 0 Å². The van der Waals surface area contributed by atoms with E-state index in [1.54, 1.807) is 4.90 Å². The average Bonchev–Trinajstić information content (AvgIpc) is 2.44. The summed E-state index contributed by atoms with van der Waals surface area (Å²) >= 11 is 3.01. The number of amides is 1. The molecular weight excluding hydrogens is 342 g/mol. The van der Waals surface area contributed by atoms with Gasteiger partial charge in [0.2, 0.25) is 0 Å². The minimum atomic E-state index is -0.816. The highest BCUT2D eigenvalue weighted by atomic mass is 79.9. The Hall–Kier alpha value is -1.01. The monoisotopic (exact) mass is 360 g/mol. The second kappa shape index (κ2) is 7.31. The van der Waals surface area contributed by atoms with Crippen LogP contribution in [0, 0.1) is 17.6 Å². The van der Waals surface area contributed by atoms with Crippen molar-refractivity contribution in [1.29, 1.82) is 0 Å².